The molecule has 140 valence electrons. The summed E-state index contributed by atoms with van der Waals surface area (Å²) in [5.74, 6) is -0.341. The van der Waals surface area contributed by atoms with Gasteiger partial charge in [-0.25, -0.2) is 5.01 Å². The van der Waals surface area contributed by atoms with Crippen LogP contribution in [0.3, 0.4) is 0 Å². The Morgan fingerprint density at radius 2 is 1.75 bits per heavy atom. The molecule has 0 saturated carbocycles. The van der Waals surface area contributed by atoms with E-state index in [2.05, 4.69) is 13.8 Å². The van der Waals surface area contributed by atoms with E-state index in [1.165, 1.54) is 0 Å². The number of hydrogen-bond acceptors (Lipinski definition) is 4. The molecule has 2 unspecified atom stereocenters. The molecule has 0 aromatic carbocycles. The first kappa shape index (κ1) is 20.9. The van der Waals surface area contributed by atoms with Crippen LogP contribution in [-0.2, 0) is 9.59 Å². The molecule has 0 radical (unpaired) electrons. The van der Waals surface area contributed by atoms with Gasteiger partial charge < -0.3 is 10.8 Å². The molecule has 3 N–H and O–H groups in total. The first-order chi connectivity index (χ1) is 11.5. The van der Waals surface area contributed by atoms with E-state index in [0.29, 0.717) is 32.4 Å². The summed E-state index contributed by atoms with van der Waals surface area (Å²) in [6, 6.07) is -0.416. The molecule has 1 fully saturated rings. The first-order valence-electron chi connectivity index (χ1n) is 9.55. The van der Waals surface area contributed by atoms with Crippen LogP contribution in [0.1, 0.15) is 78.1 Å². The number of aliphatic hydroxyl groups is 1. The zero-order chi connectivity index (χ0) is 17.9. The van der Waals surface area contributed by atoms with Crippen molar-refractivity contribution in [2.45, 2.75) is 90.2 Å². The van der Waals surface area contributed by atoms with Crippen molar-refractivity contribution >= 4 is 11.8 Å². The van der Waals surface area contributed by atoms with Gasteiger partial charge in [0.1, 0.15) is 6.04 Å². The van der Waals surface area contributed by atoms with Crippen LogP contribution >= 0.6 is 0 Å². The van der Waals surface area contributed by atoms with Crippen LogP contribution in [0.25, 0.3) is 0 Å². The number of carbonyl (C=O) groups excluding carboxylic acids is 2. The molecule has 0 aromatic heterocycles. The lowest BCUT2D eigenvalue weighted by Crippen LogP contribution is -2.51. The van der Waals surface area contributed by atoms with E-state index in [1.54, 1.807) is 5.01 Å². The number of nitrogens with two attached hydrogens (primary N) is 1. The monoisotopic (exact) mass is 341 g/mol. The fourth-order valence-electron chi connectivity index (χ4n) is 3.25. The summed E-state index contributed by atoms with van der Waals surface area (Å²) in [5, 5.41) is 13.6. The molecule has 0 bridgehead atoms. The number of hydrazine groups is 1. The van der Waals surface area contributed by atoms with E-state index >= 15 is 0 Å². The molecular weight excluding hydrogens is 306 g/mol. The second-order valence-corrected chi connectivity index (χ2v) is 6.78. The van der Waals surface area contributed by atoms with E-state index in [9.17, 15) is 14.7 Å². The Hall–Kier alpha value is -1.14. The Labute approximate surface area is 146 Å². The van der Waals surface area contributed by atoms with Crippen LogP contribution < -0.4 is 5.73 Å². The fourth-order valence-corrected chi connectivity index (χ4v) is 3.25. The fraction of sp³-hybridized carbons (Fsp3) is 0.889. The second-order valence-electron chi connectivity index (χ2n) is 6.78. The number of hydrogen-bond donors (Lipinski definition) is 2. The van der Waals surface area contributed by atoms with Crippen molar-refractivity contribution in [1.82, 2.24) is 10.0 Å². The van der Waals surface area contributed by atoms with Crippen molar-refractivity contribution in [3.63, 3.8) is 0 Å². The van der Waals surface area contributed by atoms with E-state index in [4.69, 9.17) is 5.73 Å². The molecule has 0 aromatic rings. The molecule has 0 spiro atoms. The summed E-state index contributed by atoms with van der Waals surface area (Å²) in [6.07, 6.45) is 8.36. The van der Waals surface area contributed by atoms with Gasteiger partial charge in [-0.1, -0.05) is 52.4 Å². The number of unbranched alkanes of at least 4 members (excludes halogenated alkanes) is 4. The van der Waals surface area contributed by atoms with Gasteiger partial charge in [-0.2, -0.15) is 0 Å². The Bertz CT molecular complexity index is 390. The van der Waals surface area contributed by atoms with Gasteiger partial charge in [-0.3, -0.25) is 14.6 Å². The largest absolute Gasteiger partial charge is 0.393 e. The molecule has 2 amide bonds. The quantitative estimate of drug-likeness (QED) is 0.503. The molecule has 1 aliphatic heterocycles. The lowest BCUT2D eigenvalue weighted by Gasteiger charge is -2.33. The van der Waals surface area contributed by atoms with Gasteiger partial charge in [0.05, 0.1) is 6.10 Å². The minimum atomic E-state index is -0.416. The maximum atomic E-state index is 12.2. The average molecular weight is 341 g/mol. The van der Waals surface area contributed by atoms with Gasteiger partial charge in [0, 0.05) is 19.5 Å². The second kappa shape index (κ2) is 11.4. The van der Waals surface area contributed by atoms with Gasteiger partial charge in [-0.05, 0) is 19.3 Å². The Morgan fingerprint density at radius 3 is 2.33 bits per heavy atom. The van der Waals surface area contributed by atoms with Gasteiger partial charge >= 0.3 is 0 Å². The third kappa shape index (κ3) is 6.77. The van der Waals surface area contributed by atoms with Crippen LogP contribution in [0.2, 0.25) is 0 Å². The van der Waals surface area contributed by atoms with Crippen molar-refractivity contribution in [2.24, 2.45) is 5.73 Å². The number of amides is 2. The highest BCUT2D eigenvalue weighted by Gasteiger charge is 2.36. The number of nitrogens with zero attached hydrogens (tertiary/aromatic N) is 2. The standard InChI is InChI=1S/C18H35N3O3/c1-3-5-7-9-15(22)11-13-21-17(23)12-14-20(21)16(18(19)24)10-8-6-4-2/h15-16,22H,3-14H2,1-2H3,(H2,19,24). The molecule has 1 heterocycles. The lowest BCUT2D eigenvalue weighted by molar-refractivity contribution is -0.146. The summed E-state index contributed by atoms with van der Waals surface area (Å²) in [5.41, 5.74) is 5.58. The Morgan fingerprint density at radius 1 is 1.12 bits per heavy atom. The summed E-state index contributed by atoms with van der Waals surface area (Å²) < 4.78 is 0. The third-order valence-corrected chi connectivity index (χ3v) is 4.74. The van der Waals surface area contributed by atoms with E-state index < -0.39 is 6.04 Å². The maximum absolute atomic E-state index is 12.2. The minimum absolute atomic E-state index is 0.0255. The van der Waals surface area contributed by atoms with Crippen molar-refractivity contribution < 1.29 is 14.7 Å². The molecule has 0 aliphatic carbocycles. The molecule has 6 nitrogen and oxygen atoms in total. The van der Waals surface area contributed by atoms with Crippen LogP contribution in [0.15, 0.2) is 0 Å². The van der Waals surface area contributed by atoms with Gasteiger partial charge in [0.25, 0.3) is 0 Å². The predicted molar refractivity (Wildman–Crippen MR) is 94.9 cm³/mol. The number of rotatable bonds is 13. The normalized spacial score (nSPS) is 18.1. The summed E-state index contributed by atoms with van der Waals surface area (Å²) in [4.78, 5) is 24.0. The molecule has 1 rings (SSSR count). The van der Waals surface area contributed by atoms with Crippen molar-refractivity contribution in [1.29, 1.82) is 0 Å². The highest BCUT2D eigenvalue weighted by molar-refractivity contribution is 5.82. The summed E-state index contributed by atoms with van der Waals surface area (Å²) in [6.45, 7) is 5.26. The topological polar surface area (TPSA) is 86.9 Å². The molecule has 24 heavy (non-hydrogen) atoms. The zero-order valence-corrected chi connectivity index (χ0v) is 15.4. The smallest absolute Gasteiger partial charge is 0.238 e. The van der Waals surface area contributed by atoms with Gasteiger partial charge in [-0.15, -0.1) is 0 Å². The highest BCUT2D eigenvalue weighted by atomic mass is 16.3. The third-order valence-electron chi connectivity index (χ3n) is 4.74. The van der Waals surface area contributed by atoms with Crippen LogP contribution in [0, 0.1) is 0 Å². The Kier molecular flexibility index (Phi) is 9.95. The SMILES string of the molecule is CCCCCC(O)CCN1C(=O)CCN1C(CCCCC)C(N)=O. The zero-order valence-electron chi connectivity index (χ0n) is 15.4. The minimum Gasteiger partial charge on any atom is -0.393 e. The number of primary amides is 1. The van der Waals surface area contributed by atoms with E-state index in [1.807, 2.05) is 5.01 Å². The maximum Gasteiger partial charge on any atom is 0.238 e. The molecule has 6 heteroatoms. The summed E-state index contributed by atoms with van der Waals surface area (Å²) in [7, 11) is 0. The van der Waals surface area contributed by atoms with Crippen molar-refractivity contribution in [3.8, 4) is 0 Å². The highest BCUT2D eigenvalue weighted by Crippen LogP contribution is 2.21. The summed E-state index contributed by atoms with van der Waals surface area (Å²) >= 11 is 0. The molecule has 2 atom stereocenters. The molecule has 1 saturated heterocycles. The van der Waals surface area contributed by atoms with Gasteiger partial charge in [0.15, 0.2) is 0 Å². The Balaban J connectivity index is 2.55. The predicted octanol–water partition coefficient (Wildman–Crippen LogP) is 2.20. The van der Waals surface area contributed by atoms with Crippen LogP contribution in [-0.4, -0.2) is 52.2 Å². The van der Waals surface area contributed by atoms with E-state index in [0.717, 1.165) is 44.9 Å². The van der Waals surface area contributed by atoms with Gasteiger partial charge in [0.2, 0.25) is 11.8 Å². The molecule has 1 aliphatic rings. The van der Waals surface area contributed by atoms with E-state index in [-0.39, 0.29) is 17.9 Å². The average Bonchev–Trinajstić information content (AvgIpc) is 2.90. The number of aliphatic hydroxyl groups excluding tert-OH is 1. The molecular formula is C18H35N3O3. The van der Waals surface area contributed by atoms with Crippen molar-refractivity contribution in [2.75, 3.05) is 13.1 Å². The lowest BCUT2D eigenvalue weighted by atomic mass is 10.1. The van der Waals surface area contributed by atoms with Crippen molar-refractivity contribution in [3.05, 3.63) is 0 Å². The first-order valence-corrected chi connectivity index (χ1v) is 9.55. The van der Waals surface area contributed by atoms with Crippen LogP contribution in [0.5, 0.6) is 0 Å². The van der Waals surface area contributed by atoms with Crippen LogP contribution in [0.4, 0.5) is 0 Å². The number of carbonyl (C=O) groups is 2.